The molecular formula is C17H30N2S. The van der Waals surface area contributed by atoms with Gasteiger partial charge < -0.3 is 5.32 Å². The highest BCUT2D eigenvalue weighted by Crippen LogP contribution is 2.38. The number of hydrogen-bond donors (Lipinski definition) is 1. The third-order valence-electron chi connectivity index (χ3n) is 4.57. The first kappa shape index (κ1) is 16.0. The Morgan fingerprint density at radius 2 is 2.15 bits per heavy atom. The number of thiazole rings is 1. The first-order valence-electron chi connectivity index (χ1n) is 8.35. The summed E-state index contributed by atoms with van der Waals surface area (Å²) in [4.78, 5) is 6.35. The lowest BCUT2D eigenvalue weighted by atomic mass is 9.78. The van der Waals surface area contributed by atoms with Crippen LogP contribution in [0.25, 0.3) is 0 Å². The van der Waals surface area contributed by atoms with E-state index in [1.165, 1.54) is 47.7 Å². The quantitative estimate of drug-likeness (QED) is 0.808. The number of rotatable bonds is 6. The fourth-order valence-corrected chi connectivity index (χ4v) is 4.63. The van der Waals surface area contributed by atoms with Crippen molar-refractivity contribution in [1.29, 1.82) is 0 Å². The molecule has 0 saturated heterocycles. The van der Waals surface area contributed by atoms with Crippen LogP contribution in [-0.4, -0.2) is 11.5 Å². The van der Waals surface area contributed by atoms with Gasteiger partial charge in [-0.3, -0.25) is 0 Å². The van der Waals surface area contributed by atoms with E-state index in [9.17, 15) is 0 Å². The van der Waals surface area contributed by atoms with E-state index in [1.54, 1.807) is 0 Å². The molecule has 0 spiro atoms. The summed E-state index contributed by atoms with van der Waals surface area (Å²) >= 11 is 1.92. The van der Waals surface area contributed by atoms with E-state index < -0.39 is 0 Å². The first-order valence-corrected chi connectivity index (χ1v) is 9.16. The maximum atomic E-state index is 4.94. The summed E-state index contributed by atoms with van der Waals surface area (Å²) in [6, 6.07) is 0.488. The van der Waals surface area contributed by atoms with Crippen molar-refractivity contribution in [3.8, 4) is 0 Å². The van der Waals surface area contributed by atoms with Crippen molar-refractivity contribution in [2.24, 2.45) is 11.8 Å². The highest BCUT2D eigenvalue weighted by molar-refractivity contribution is 7.11. The maximum absolute atomic E-state index is 4.94. The van der Waals surface area contributed by atoms with Crippen LogP contribution in [0.2, 0.25) is 0 Å². The van der Waals surface area contributed by atoms with Crippen LogP contribution < -0.4 is 5.32 Å². The van der Waals surface area contributed by atoms with Gasteiger partial charge in [-0.25, -0.2) is 4.98 Å². The molecule has 1 saturated carbocycles. The summed E-state index contributed by atoms with van der Waals surface area (Å²) in [6.07, 6.45) is 7.79. The molecule has 1 aliphatic rings. The largest absolute Gasteiger partial charge is 0.308 e. The van der Waals surface area contributed by atoms with E-state index in [0.29, 0.717) is 6.04 Å². The maximum Gasteiger partial charge on any atom is 0.110 e. The summed E-state index contributed by atoms with van der Waals surface area (Å²) in [7, 11) is 0. The van der Waals surface area contributed by atoms with Gasteiger partial charge in [0.15, 0.2) is 0 Å². The third-order valence-corrected chi connectivity index (χ3v) is 5.67. The standard InChI is InChI=1S/C17H30N2S/c1-5-10-18-16(14-9-7-8-12(3)11-14)17-19-15(6-2)13(4)20-17/h12,14,16,18H,5-11H2,1-4H3. The molecule has 2 rings (SSSR count). The second kappa shape index (κ2) is 7.56. The highest BCUT2D eigenvalue weighted by Gasteiger charge is 2.29. The summed E-state index contributed by atoms with van der Waals surface area (Å²) < 4.78 is 0. The molecule has 0 radical (unpaired) electrons. The molecule has 1 aromatic rings. The molecule has 0 bridgehead atoms. The normalized spacial score (nSPS) is 24.8. The van der Waals surface area contributed by atoms with E-state index in [4.69, 9.17) is 4.98 Å². The van der Waals surface area contributed by atoms with Gasteiger partial charge in [0.05, 0.1) is 11.7 Å². The van der Waals surface area contributed by atoms with Gasteiger partial charge in [-0.1, -0.05) is 33.6 Å². The Kier molecular flexibility index (Phi) is 6.03. The molecule has 3 unspecified atom stereocenters. The first-order chi connectivity index (χ1) is 9.65. The predicted molar refractivity (Wildman–Crippen MR) is 88.4 cm³/mol. The minimum absolute atomic E-state index is 0.488. The molecule has 2 nitrogen and oxygen atoms in total. The van der Waals surface area contributed by atoms with Crippen LogP contribution in [0.15, 0.2) is 0 Å². The zero-order valence-electron chi connectivity index (χ0n) is 13.5. The van der Waals surface area contributed by atoms with Gasteiger partial charge >= 0.3 is 0 Å². The topological polar surface area (TPSA) is 24.9 Å². The van der Waals surface area contributed by atoms with Gasteiger partial charge in [-0.15, -0.1) is 11.3 Å². The summed E-state index contributed by atoms with van der Waals surface area (Å²) in [5.41, 5.74) is 1.30. The number of nitrogens with one attached hydrogen (secondary N) is 1. The number of aryl methyl sites for hydroxylation is 2. The van der Waals surface area contributed by atoms with Gasteiger partial charge in [0.2, 0.25) is 0 Å². The lowest BCUT2D eigenvalue weighted by Gasteiger charge is -2.33. The van der Waals surface area contributed by atoms with Gasteiger partial charge in [-0.05, 0) is 51.0 Å². The van der Waals surface area contributed by atoms with Crippen molar-refractivity contribution >= 4 is 11.3 Å². The van der Waals surface area contributed by atoms with Crippen molar-refractivity contribution < 1.29 is 0 Å². The Bertz CT molecular complexity index is 413. The van der Waals surface area contributed by atoms with Crippen molar-refractivity contribution in [3.63, 3.8) is 0 Å². The second-order valence-corrected chi connectivity index (χ2v) is 7.61. The van der Waals surface area contributed by atoms with Gasteiger partial charge in [0.1, 0.15) is 5.01 Å². The number of hydrogen-bond acceptors (Lipinski definition) is 3. The monoisotopic (exact) mass is 294 g/mol. The zero-order chi connectivity index (χ0) is 14.5. The Hall–Kier alpha value is -0.410. The predicted octanol–water partition coefficient (Wildman–Crippen LogP) is 4.88. The van der Waals surface area contributed by atoms with Crippen LogP contribution in [0.4, 0.5) is 0 Å². The van der Waals surface area contributed by atoms with Crippen LogP contribution >= 0.6 is 11.3 Å². The van der Waals surface area contributed by atoms with Gasteiger partial charge in [0.25, 0.3) is 0 Å². The van der Waals surface area contributed by atoms with E-state index in [-0.39, 0.29) is 0 Å². The van der Waals surface area contributed by atoms with Crippen LogP contribution in [0, 0.1) is 18.8 Å². The second-order valence-electron chi connectivity index (χ2n) is 6.37. The Morgan fingerprint density at radius 1 is 1.35 bits per heavy atom. The van der Waals surface area contributed by atoms with Crippen LogP contribution in [0.5, 0.6) is 0 Å². The molecule has 1 fully saturated rings. The zero-order valence-corrected chi connectivity index (χ0v) is 14.4. The Labute approximate surface area is 128 Å². The number of aromatic nitrogens is 1. The molecule has 3 heteroatoms. The smallest absolute Gasteiger partial charge is 0.110 e. The fourth-order valence-electron chi connectivity index (χ4n) is 3.45. The summed E-state index contributed by atoms with van der Waals surface area (Å²) in [5.74, 6) is 1.66. The summed E-state index contributed by atoms with van der Waals surface area (Å²) in [5, 5.41) is 5.13. The minimum Gasteiger partial charge on any atom is -0.308 e. The van der Waals surface area contributed by atoms with Crippen molar-refractivity contribution in [2.45, 2.75) is 72.3 Å². The van der Waals surface area contributed by atoms with E-state index in [2.05, 4.69) is 33.0 Å². The molecule has 20 heavy (non-hydrogen) atoms. The van der Waals surface area contributed by atoms with E-state index in [0.717, 1.165) is 24.8 Å². The van der Waals surface area contributed by atoms with Crippen LogP contribution in [-0.2, 0) is 6.42 Å². The molecule has 1 aromatic heterocycles. The van der Waals surface area contributed by atoms with Gasteiger partial charge in [-0.2, -0.15) is 0 Å². The van der Waals surface area contributed by atoms with Crippen LogP contribution in [0.3, 0.4) is 0 Å². The van der Waals surface area contributed by atoms with Crippen molar-refractivity contribution in [2.75, 3.05) is 6.54 Å². The van der Waals surface area contributed by atoms with Crippen molar-refractivity contribution in [1.82, 2.24) is 10.3 Å². The average Bonchev–Trinajstić information content (AvgIpc) is 2.80. The average molecular weight is 295 g/mol. The molecule has 1 heterocycles. The summed E-state index contributed by atoms with van der Waals surface area (Å²) in [6.45, 7) is 10.2. The van der Waals surface area contributed by atoms with Crippen LogP contribution in [0.1, 0.15) is 74.5 Å². The van der Waals surface area contributed by atoms with Crippen molar-refractivity contribution in [3.05, 3.63) is 15.6 Å². The minimum atomic E-state index is 0.488. The molecule has 1 aliphatic carbocycles. The Morgan fingerprint density at radius 3 is 2.75 bits per heavy atom. The fraction of sp³-hybridized carbons (Fsp3) is 0.824. The Balaban J connectivity index is 2.16. The van der Waals surface area contributed by atoms with E-state index in [1.807, 2.05) is 11.3 Å². The number of nitrogens with zero attached hydrogens (tertiary/aromatic N) is 1. The molecule has 114 valence electrons. The molecule has 0 aliphatic heterocycles. The third kappa shape index (κ3) is 3.82. The molecule has 3 atom stereocenters. The van der Waals surface area contributed by atoms with E-state index >= 15 is 0 Å². The molecule has 0 aromatic carbocycles. The lowest BCUT2D eigenvalue weighted by molar-refractivity contribution is 0.223. The lowest BCUT2D eigenvalue weighted by Crippen LogP contribution is -2.31. The molecule has 1 N–H and O–H groups in total. The highest BCUT2D eigenvalue weighted by atomic mass is 32.1. The molecular weight excluding hydrogens is 264 g/mol. The van der Waals surface area contributed by atoms with Gasteiger partial charge in [0, 0.05) is 4.88 Å². The SMILES string of the molecule is CCCNC(c1nc(CC)c(C)s1)C1CCCC(C)C1. The molecule has 0 amide bonds.